The number of benzene rings is 1. The number of rotatable bonds is 5. The minimum absolute atomic E-state index is 0.0590. The van der Waals surface area contributed by atoms with Crippen molar-refractivity contribution < 1.29 is 22.4 Å². The number of alkyl halides is 3. The maximum atomic E-state index is 12.6. The molecule has 0 aliphatic rings. The lowest BCUT2D eigenvalue weighted by atomic mass is 10.0. The molecule has 1 unspecified atom stereocenters. The van der Waals surface area contributed by atoms with E-state index in [4.69, 9.17) is 4.42 Å². The normalized spacial score (nSPS) is 13.1. The Kier molecular flexibility index (Phi) is 3.66. The van der Waals surface area contributed by atoms with Crippen molar-refractivity contribution in [2.45, 2.75) is 12.5 Å². The van der Waals surface area contributed by atoms with E-state index in [-0.39, 0.29) is 5.56 Å². The Bertz CT molecular complexity index is 553. The lowest BCUT2D eigenvalue weighted by molar-refractivity contribution is 0.0642. The van der Waals surface area contributed by atoms with Crippen molar-refractivity contribution >= 4 is 16.8 Å². The van der Waals surface area contributed by atoms with Gasteiger partial charge in [-0.3, -0.25) is 10.1 Å². The molecule has 0 radical (unpaired) electrons. The van der Waals surface area contributed by atoms with Gasteiger partial charge >= 0.3 is 0 Å². The van der Waals surface area contributed by atoms with Crippen LogP contribution < -0.4 is 5.32 Å². The monoisotopic (exact) mass is 257 g/mol. The summed E-state index contributed by atoms with van der Waals surface area (Å²) in [5.41, 5.74) is 0.484. The van der Waals surface area contributed by atoms with Gasteiger partial charge in [-0.2, -0.15) is 0 Å². The second-order valence-corrected chi connectivity index (χ2v) is 3.69. The Morgan fingerprint density at radius 2 is 2.11 bits per heavy atom. The zero-order valence-corrected chi connectivity index (χ0v) is 9.20. The standard InChI is InChI=1S/C12H10F3NO2/c13-6-16-10(12(14)15)11(17)8-2-1-7-3-4-18-9(7)5-8/h1-5,10,12,16H,6H2. The molecule has 3 nitrogen and oxygen atoms in total. The van der Waals surface area contributed by atoms with Crippen LogP contribution >= 0.6 is 0 Å². The summed E-state index contributed by atoms with van der Waals surface area (Å²) >= 11 is 0. The predicted octanol–water partition coefficient (Wildman–Crippen LogP) is 2.77. The van der Waals surface area contributed by atoms with Crippen LogP contribution in [-0.2, 0) is 0 Å². The highest BCUT2D eigenvalue weighted by molar-refractivity contribution is 6.02. The average Bonchev–Trinajstić information content (AvgIpc) is 2.81. The summed E-state index contributed by atoms with van der Waals surface area (Å²) in [6, 6.07) is 4.21. The van der Waals surface area contributed by atoms with Crippen molar-refractivity contribution in [3.63, 3.8) is 0 Å². The zero-order chi connectivity index (χ0) is 13.1. The quantitative estimate of drug-likeness (QED) is 0.661. The molecule has 0 spiro atoms. The van der Waals surface area contributed by atoms with Crippen LogP contribution in [0.4, 0.5) is 13.2 Å². The van der Waals surface area contributed by atoms with Crippen LogP contribution in [0.5, 0.6) is 0 Å². The molecule has 0 saturated carbocycles. The van der Waals surface area contributed by atoms with Gasteiger partial charge in [-0.15, -0.1) is 0 Å². The van der Waals surface area contributed by atoms with E-state index in [0.717, 1.165) is 5.39 Å². The summed E-state index contributed by atoms with van der Waals surface area (Å²) in [6.07, 6.45) is -1.54. The molecule has 1 heterocycles. The molecule has 0 amide bonds. The fourth-order valence-electron chi connectivity index (χ4n) is 1.67. The number of nitrogens with one attached hydrogen (secondary N) is 1. The number of fused-ring (bicyclic) bond motifs is 1. The Hall–Kier alpha value is -1.82. The highest BCUT2D eigenvalue weighted by Crippen LogP contribution is 2.19. The molecule has 0 fully saturated rings. The van der Waals surface area contributed by atoms with Gasteiger partial charge in [0.25, 0.3) is 6.43 Å². The fourth-order valence-corrected chi connectivity index (χ4v) is 1.67. The van der Waals surface area contributed by atoms with E-state index in [2.05, 4.69) is 0 Å². The van der Waals surface area contributed by atoms with Crippen molar-refractivity contribution in [2.24, 2.45) is 0 Å². The SMILES string of the molecule is O=C(c1ccc2ccoc2c1)C(NCF)C(F)F. The van der Waals surface area contributed by atoms with Gasteiger partial charge in [0.05, 0.1) is 6.26 Å². The average molecular weight is 257 g/mol. The molecule has 18 heavy (non-hydrogen) atoms. The molecule has 0 saturated heterocycles. The molecule has 1 aromatic carbocycles. The zero-order valence-electron chi connectivity index (χ0n) is 9.20. The van der Waals surface area contributed by atoms with Gasteiger partial charge in [0, 0.05) is 10.9 Å². The van der Waals surface area contributed by atoms with Crippen LogP contribution in [0.2, 0.25) is 0 Å². The van der Waals surface area contributed by atoms with Gasteiger partial charge in [0.2, 0.25) is 0 Å². The summed E-state index contributed by atoms with van der Waals surface area (Å²) in [4.78, 5) is 11.8. The minimum Gasteiger partial charge on any atom is -0.464 e. The lowest BCUT2D eigenvalue weighted by Gasteiger charge is -2.14. The maximum absolute atomic E-state index is 12.6. The van der Waals surface area contributed by atoms with Gasteiger partial charge in [0.1, 0.15) is 18.4 Å². The van der Waals surface area contributed by atoms with Gasteiger partial charge in [-0.1, -0.05) is 12.1 Å². The smallest absolute Gasteiger partial charge is 0.261 e. The van der Waals surface area contributed by atoms with E-state index < -0.39 is 25.0 Å². The molecular weight excluding hydrogens is 247 g/mol. The molecule has 0 aliphatic heterocycles. The van der Waals surface area contributed by atoms with E-state index in [1.807, 2.05) is 5.32 Å². The van der Waals surface area contributed by atoms with Gasteiger partial charge in [-0.05, 0) is 12.1 Å². The molecule has 1 aromatic heterocycles. The Balaban J connectivity index is 2.30. The number of hydrogen-bond donors (Lipinski definition) is 1. The largest absolute Gasteiger partial charge is 0.464 e. The highest BCUT2D eigenvalue weighted by Gasteiger charge is 2.28. The van der Waals surface area contributed by atoms with Crippen LogP contribution in [0.1, 0.15) is 10.4 Å². The number of halogens is 3. The molecule has 2 rings (SSSR count). The predicted molar refractivity (Wildman–Crippen MR) is 59.4 cm³/mol. The van der Waals surface area contributed by atoms with Crippen molar-refractivity contribution in [1.82, 2.24) is 5.32 Å². The number of Topliss-reactive ketones (excluding diaryl/α,β-unsaturated/α-hetero) is 1. The molecule has 1 N–H and O–H groups in total. The van der Waals surface area contributed by atoms with Crippen LogP contribution in [0, 0.1) is 0 Å². The number of ketones is 1. The number of carbonyl (C=O) groups is 1. The molecule has 96 valence electrons. The summed E-state index contributed by atoms with van der Waals surface area (Å²) in [5, 5.41) is 2.59. The Morgan fingerprint density at radius 1 is 1.33 bits per heavy atom. The molecule has 6 heteroatoms. The first-order valence-electron chi connectivity index (χ1n) is 5.22. The van der Waals surface area contributed by atoms with E-state index in [0.29, 0.717) is 5.58 Å². The number of hydrogen-bond acceptors (Lipinski definition) is 3. The van der Waals surface area contributed by atoms with Gasteiger partial charge in [0.15, 0.2) is 5.78 Å². The summed E-state index contributed by atoms with van der Waals surface area (Å²) in [5.74, 6) is -0.860. The summed E-state index contributed by atoms with van der Waals surface area (Å²) in [6.45, 7) is -1.19. The second-order valence-electron chi connectivity index (χ2n) is 3.69. The Morgan fingerprint density at radius 3 is 2.78 bits per heavy atom. The van der Waals surface area contributed by atoms with Crippen molar-refractivity contribution in [1.29, 1.82) is 0 Å². The Labute approximate surface area is 101 Å². The first-order chi connectivity index (χ1) is 8.63. The van der Waals surface area contributed by atoms with Crippen molar-refractivity contribution in [2.75, 3.05) is 6.80 Å². The van der Waals surface area contributed by atoms with Gasteiger partial charge in [-0.25, -0.2) is 13.2 Å². The van der Waals surface area contributed by atoms with E-state index in [1.165, 1.54) is 18.4 Å². The maximum Gasteiger partial charge on any atom is 0.261 e. The molecular formula is C12H10F3NO2. The minimum atomic E-state index is -2.97. The molecule has 1 atom stereocenters. The topological polar surface area (TPSA) is 42.2 Å². The molecule has 0 aliphatic carbocycles. The molecule has 0 bridgehead atoms. The van der Waals surface area contributed by atoms with Crippen LogP contribution in [0.25, 0.3) is 11.0 Å². The first-order valence-corrected chi connectivity index (χ1v) is 5.22. The second kappa shape index (κ2) is 5.22. The molecule has 2 aromatic rings. The number of furan rings is 1. The van der Waals surface area contributed by atoms with Crippen LogP contribution in [0.15, 0.2) is 34.9 Å². The van der Waals surface area contributed by atoms with Crippen molar-refractivity contribution in [3.8, 4) is 0 Å². The van der Waals surface area contributed by atoms with Crippen LogP contribution in [0.3, 0.4) is 0 Å². The van der Waals surface area contributed by atoms with Gasteiger partial charge < -0.3 is 4.42 Å². The van der Waals surface area contributed by atoms with E-state index in [9.17, 15) is 18.0 Å². The fraction of sp³-hybridized carbons (Fsp3) is 0.250. The third-order valence-corrected chi connectivity index (χ3v) is 2.57. The van der Waals surface area contributed by atoms with E-state index in [1.54, 1.807) is 12.1 Å². The number of carbonyl (C=O) groups excluding carboxylic acids is 1. The third kappa shape index (κ3) is 2.38. The van der Waals surface area contributed by atoms with Crippen molar-refractivity contribution in [3.05, 3.63) is 36.1 Å². The summed E-state index contributed by atoms with van der Waals surface area (Å²) in [7, 11) is 0. The lowest BCUT2D eigenvalue weighted by Crippen LogP contribution is -2.42. The van der Waals surface area contributed by atoms with Crippen LogP contribution in [-0.4, -0.2) is 25.0 Å². The first kappa shape index (κ1) is 12.6. The summed E-state index contributed by atoms with van der Waals surface area (Å²) < 4.78 is 42.3. The third-order valence-electron chi connectivity index (χ3n) is 2.57. The van der Waals surface area contributed by atoms with E-state index >= 15 is 0 Å². The highest BCUT2D eigenvalue weighted by atomic mass is 19.3.